The zero-order valence-electron chi connectivity index (χ0n) is 20.7. The van der Waals surface area contributed by atoms with Crippen LogP contribution in [-0.4, -0.2) is 79.2 Å². The Kier molecular flexibility index (Phi) is 7.61. The molecule has 0 N–H and O–H groups in total. The quantitative estimate of drug-likeness (QED) is 0.418. The highest BCUT2D eigenvalue weighted by Crippen LogP contribution is 2.43. The summed E-state index contributed by atoms with van der Waals surface area (Å²) in [5.41, 5.74) is 0.874. The molecular weight excluding hydrogens is 464 g/mol. The van der Waals surface area contributed by atoms with Gasteiger partial charge in [0.15, 0.2) is 0 Å². The minimum atomic E-state index is -1.15. The molecule has 198 valence electrons. The largest absolute Gasteiger partial charge is 0.497 e. The van der Waals surface area contributed by atoms with E-state index in [1.807, 2.05) is 17.0 Å². The van der Waals surface area contributed by atoms with Gasteiger partial charge in [0.25, 0.3) is 11.7 Å². The molecule has 1 saturated carbocycles. The molecule has 5 rings (SSSR count). The highest BCUT2D eigenvalue weighted by molar-refractivity contribution is 6.39. The number of methoxy groups -OCH3 is 3. The SMILES string of the molecule is C.COCOC1(C(=O)C(=O)N2C3CCC[C@@H]2[C@@H]2Cc4c(cc(OC)cc4OC)CN2C3=O)CCCC1. The number of fused-ring (bicyclic) bond motifs is 5. The second kappa shape index (κ2) is 10.4. The summed E-state index contributed by atoms with van der Waals surface area (Å²) < 4.78 is 22.0. The van der Waals surface area contributed by atoms with Crippen molar-refractivity contribution in [3.05, 3.63) is 23.3 Å². The third-order valence-corrected chi connectivity index (χ3v) is 8.27. The van der Waals surface area contributed by atoms with Crippen molar-refractivity contribution in [2.45, 2.75) is 89.1 Å². The third-order valence-electron chi connectivity index (χ3n) is 8.27. The Hall–Kier alpha value is -2.65. The van der Waals surface area contributed by atoms with E-state index in [1.54, 1.807) is 19.1 Å². The van der Waals surface area contributed by atoms with Crippen LogP contribution in [0.3, 0.4) is 0 Å². The van der Waals surface area contributed by atoms with E-state index in [2.05, 4.69) is 0 Å². The van der Waals surface area contributed by atoms with Crippen LogP contribution >= 0.6 is 0 Å². The van der Waals surface area contributed by atoms with E-state index in [0.29, 0.717) is 38.0 Å². The molecule has 0 spiro atoms. The lowest BCUT2D eigenvalue weighted by atomic mass is 9.78. The molecule has 0 radical (unpaired) electrons. The van der Waals surface area contributed by atoms with E-state index >= 15 is 0 Å². The van der Waals surface area contributed by atoms with E-state index in [-0.39, 0.29) is 32.2 Å². The van der Waals surface area contributed by atoms with E-state index < -0.39 is 23.3 Å². The van der Waals surface area contributed by atoms with Crippen LogP contribution in [0, 0.1) is 0 Å². The summed E-state index contributed by atoms with van der Waals surface area (Å²) in [6.07, 6.45) is 5.38. The number of carbonyl (C=O) groups is 3. The third kappa shape index (κ3) is 4.16. The number of carbonyl (C=O) groups excluding carboxylic acids is 3. The number of rotatable bonds is 7. The second-order valence-electron chi connectivity index (χ2n) is 10.0. The molecule has 2 amide bonds. The van der Waals surface area contributed by atoms with Gasteiger partial charge in [-0.3, -0.25) is 14.4 Å². The maximum absolute atomic E-state index is 13.8. The molecule has 3 fully saturated rings. The van der Waals surface area contributed by atoms with Gasteiger partial charge in [0, 0.05) is 25.3 Å². The van der Waals surface area contributed by atoms with Crippen LogP contribution in [0.25, 0.3) is 0 Å². The Labute approximate surface area is 213 Å². The first-order valence-electron chi connectivity index (χ1n) is 12.5. The Bertz CT molecular complexity index is 1020. The van der Waals surface area contributed by atoms with Crippen molar-refractivity contribution in [2.75, 3.05) is 28.1 Å². The molecule has 2 bridgehead atoms. The first kappa shape index (κ1) is 26.4. The maximum Gasteiger partial charge on any atom is 0.294 e. The zero-order chi connectivity index (χ0) is 24.7. The number of amides is 2. The summed E-state index contributed by atoms with van der Waals surface area (Å²) in [7, 11) is 4.73. The average molecular weight is 503 g/mol. The molecule has 1 unspecified atom stereocenters. The number of benzene rings is 1. The van der Waals surface area contributed by atoms with Crippen molar-refractivity contribution in [2.24, 2.45) is 0 Å². The summed E-state index contributed by atoms with van der Waals surface area (Å²) in [5, 5.41) is 0. The molecule has 2 saturated heterocycles. The minimum Gasteiger partial charge on any atom is -0.497 e. The van der Waals surface area contributed by atoms with Gasteiger partial charge >= 0.3 is 0 Å². The van der Waals surface area contributed by atoms with Crippen molar-refractivity contribution in [1.29, 1.82) is 0 Å². The van der Waals surface area contributed by atoms with Crippen molar-refractivity contribution >= 4 is 17.6 Å². The molecule has 1 aromatic carbocycles. The highest BCUT2D eigenvalue weighted by atomic mass is 16.7. The highest BCUT2D eigenvalue weighted by Gasteiger charge is 2.56. The number of ether oxygens (including phenoxy) is 4. The lowest BCUT2D eigenvalue weighted by molar-refractivity contribution is -0.180. The van der Waals surface area contributed by atoms with Crippen molar-refractivity contribution in [1.82, 2.24) is 9.80 Å². The summed E-state index contributed by atoms with van der Waals surface area (Å²) >= 11 is 0. The topological polar surface area (TPSA) is 94.6 Å². The van der Waals surface area contributed by atoms with Gasteiger partial charge in [0.1, 0.15) is 29.9 Å². The van der Waals surface area contributed by atoms with Gasteiger partial charge < -0.3 is 28.7 Å². The lowest BCUT2D eigenvalue weighted by Gasteiger charge is -2.55. The lowest BCUT2D eigenvalue weighted by Crippen LogP contribution is -2.72. The van der Waals surface area contributed by atoms with Crippen LogP contribution in [0.5, 0.6) is 11.5 Å². The Balaban J connectivity index is 0.00000304. The molecule has 1 aromatic rings. The van der Waals surface area contributed by atoms with E-state index in [9.17, 15) is 14.4 Å². The zero-order valence-corrected chi connectivity index (χ0v) is 20.7. The average Bonchev–Trinajstić information content (AvgIpc) is 3.38. The maximum atomic E-state index is 13.8. The molecule has 0 aromatic heterocycles. The summed E-state index contributed by atoms with van der Waals surface area (Å²) in [5.74, 6) is 0.194. The van der Waals surface area contributed by atoms with Crippen LogP contribution in [0.4, 0.5) is 0 Å². The Morgan fingerprint density at radius 1 is 1.03 bits per heavy atom. The normalized spacial score (nSPS) is 26.0. The van der Waals surface area contributed by atoms with Gasteiger partial charge in [-0.25, -0.2) is 0 Å². The van der Waals surface area contributed by atoms with Crippen molar-refractivity contribution in [3.63, 3.8) is 0 Å². The fraction of sp³-hybridized carbons (Fsp3) is 0.667. The summed E-state index contributed by atoms with van der Waals surface area (Å²) in [6, 6.07) is 2.77. The molecule has 1 aliphatic carbocycles. The van der Waals surface area contributed by atoms with Gasteiger partial charge in [-0.1, -0.05) is 7.43 Å². The first-order chi connectivity index (χ1) is 16.9. The van der Waals surface area contributed by atoms with Crippen LogP contribution in [0.15, 0.2) is 12.1 Å². The number of nitrogens with zero attached hydrogens (tertiary/aromatic N) is 2. The van der Waals surface area contributed by atoms with Gasteiger partial charge in [-0.15, -0.1) is 0 Å². The van der Waals surface area contributed by atoms with Crippen LogP contribution in [-0.2, 0) is 36.8 Å². The Morgan fingerprint density at radius 3 is 2.44 bits per heavy atom. The first-order valence-corrected chi connectivity index (χ1v) is 12.5. The van der Waals surface area contributed by atoms with Gasteiger partial charge in [0.2, 0.25) is 5.91 Å². The minimum absolute atomic E-state index is 0. The molecule has 36 heavy (non-hydrogen) atoms. The smallest absolute Gasteiger partial charge is 0.294 e. The Morgan fingerprint density at radius 2 is 1.78 bits per heavy atom. The van der Waals surface area contributed by atoms with Crippen molar-refractivity contribution < 1.29 is 33.3 Å². The van der Waals surface area contributed by atoms with Gasteiger partial charge in [0.05, 0.1) is 26.3 Å². The molecule has 3 heterocycles. The summed E-state index contributed by atoms with van der Waals surface area (Å²) in [6.45, 7) is 0.400. The van der Waals surface area contributed by atoms with Crippen LogP contribution in [0.1, 0.15) is 63.5 Å². The van der Waals surface area contributed by atoms with Gasteiger partial charge in [-0.05, 0) is 63.0 Å². The molecule has 9 heteroatoms. The molecule has 9 nitrogen and oxygen atoms in total. The monoisotopic (exact) mass is 502 g/mol. The summed E-state index contributed by atoms with van der Waals surface area (Å²) in [4.78, 5) is 44.6. The number of hydrogen-bond acceptors (Lipinski definition) is 7. The number of Topliss-reactive ketones (excluding diaryl/α,β-unsaturated/α-hetero) is 1. The molecule has 3 atom stereocenters. The predicted molar refractivity (Wildman–Crippen MR) is 132 cm³/mol. The second-order valence-corrected chi connectivity index (χ2v) is 10.0. The fourth-order valence-electron chi connectivity index (χ4n) is 6.55. The van der Waals surface area contributed by atoms with E-state index in [0.717, 1.165) is 42.6 Å². The molecular formula is C27H38N2O7. The molecule has 3 aliphatic heterocycles. The van der Waals surface area contributed by atoms with Gasteiger partial charge in [-0.2, -0.15) is 0 Å². The van der Waals surface area contributed by atoms with Crippen LogP contribution < -0.4 is 9.47 Å². The molecule has 4 aliphatic rings. The fourth-order valence-corrected chi connectivity index (χ4v) is 6.55. The number of hydrogen-bond donors (Lipinski definition) is 0. The predicted octanol–water partition coefficient (Wildman–Crippen LogP) is 2.86. The van der Waals surface area contributed by atoms with Crippen LogP contribution in [0.2, 0.25) is 0 Å². The number of piperazine rings is 1. The van der Waals surface area contributed by atoms with E-state index in [1.165, 1.54) is 7.11 Å². The van der Waals surface area contributed by atoms with E-state index in [4.69, 9.17) is 18.9 Å². The number of piperidine rings is 1. The van der Waals surface area contributed by atoms with Crippen molar-refractivity contribution in [3.8, 4) is 11.5 Å². The standard InChI is InChI=1S/C26H34N2O7.CH4/c1-32-15-35-26(9-4-5-10-26)23(29)25(31)28-19-7-6-8-20(28)24(30)27-14-16-11-17(33-2)12-22(34-3)18(16)13-21(19)27;/h11-12,19-21H,4-10,13-15H2,1-3H3;1H4/t19-,20?,21+;/m1./s1. The number of ketones is 1.